The molecular formula is C16H25BrN2O2. The zero-order chi connectivity index (χ0) is 15.8. The van der Waals surface area contributed by atoms with Crippen LogP contribution in [0.1, 0.15) is 38.3 Å². The fourth-order valence-electron chi connectivity index (χ4n) is 1.98. The van der Waals surface area contributed by atoms with E-state index in [0.717, 1.165) is 27.9 Å². The number of hydrogen-bond donors (Lipinski definition) is 2. The van der Waals surface area contributed by atoms with E-state index in [4.69, 9.17) is 4.74 Å². The standard InChI is InChI=1S/C16H25BrN2O2/c1-5-18-15(20)6-7-21-16-12(4)8-14(17)9-13(16)10-19-11(2)3/h8-9,11,19H,5-7,10H2,1-4H3,(H,18,20). The second kappa shape index (κ2) is 9.05. The molecular weight excluding hydrogens is 332 g/mol. The van der Waals surface area contributed by atoms with Crippen LogP contribution in [0.4, 0.5) is 0 Å². The van der Waals surface area contributed by atoms with E-state index >= 15 is 0 Å². The van der Waals surface area contributed by atoms with Gasteiger partial charge in [0.1, 0.15) is 5.75 Å². The van der Waals surface area contributed by atoms with Gasteiger partial charge in [0.25, 0.3) is 0 Å². The highest BCUT2D eigenvalue weighted by atomic mass is 79.9. The first-order valence-corrected chi connectivity index (χ1v) is 8.15. The summed E-state index contributed by atoms with van der Waals surface area (Å²) in [7, 11) is 0. The van der Waals surface area contributed by atoms with Crippen LogP contribution in [0.15, 0.2) is 16.6 Å². The fourth-order valence-corrected chi connectivity index (χ4v) is 2.60. The average Bonchev–Trinajstić information content (AvgIpc) is 2.39. The highest BCUT2D eigenvalue weighted by Crippen LogP contribution is 2.28. The van der Waals surface area contributed by atoms with Gasteiger partial charge in [0.15, 0.2) is 0 Å². The average molecular weight is 357 g/mol. The van der Waals surface area contributed by atoms with Crippen molar-refractivity contribution in [2.45, 2.75) is 46.7 Å². The SMILES string of the molecule is CCNC(=O)CCOc1c(C)cc(Br)cc1CNC(C)C. The summed E-state index contributed by atoms with van der Waals surface area (Å²) in [5.41, 5.74) is 2.17. The third-order valence-electron chi connectivity index (χ3n) is 2.97. The zero-order valence-corrected chi connectivity index (χ0v) is 14.8. The van der Waals surface area contributed by atoms with Crippen molar-refractivity contribution in [2.75, 3.05) is 13.2 Å². The van der Waals surface area contributed by atoms with Crippen molar-refractivity contribution < 1.29 is 9.53 Å². The van der Waals surface area contributed by atoms with Crippen molar-refractivity contribution in [3.8, 4) is 5.75 Å². The van der Waals surface area contributed by atoms with Crippen LogP contribution in [-0.4, -0.2) is 25.1 Å². The molecule has 0 heterocycles. The predicted octanol–water partition coefficient (Wildman–Crippen LogP) is 3.16. The largest absolute Gasteiger partial charge is 0.492 e. The van der Waals surface area contributed by atoms with E-state index in [2.05, 4.69) is 46.5 Å². The number of rotatable bonds is 8. The van der Waals surface area contributed by atoms with Gasteiger partial charge in [-0.15, -0.1) is 0 Å². The van der Waals surface area contributed by atoms with Crippen LogP contribution in [-0.2, 0) is 11.3 Å². The molecule has 2 N–H and O–H groups in total. The van der Waals surface area contributed by atoms with Gasteiger partial charge < -0.3 is 15.4 Å². The van der Waals surface area contributed by atoms with E-state index in [1.54, 1.807) is 0 Å². The smallest absolute Gasteiger partial charge is 0.223 e. The van der Waals surface area contributed by atoms with Crippen LogP contribution in [0.5, 0.6) is 5.75 Å². The van der Waals surface area contributed by atoms with Crippen molar-refractivity contribution in [2.24, 2.45) is 0 Å². The number of nitrogens with one attached hydrogen (secondary N) is 2. The lowest BCUT2D eigenvalue weighted by molar-refractivity contribution is -0.121. The van der Waals surface area contributed by atoms with Crippen molar-refractivity contribution in [3.05, 3.63) is 27.7 Å². The van der Waals surface area contributed by atoms with Crippen LogP contribution in [0.3, 0.4) is 0 Å². The summed E-state index contributed by atoms with van der Waals surface area (Å²) < 4.78 is 6.89. The summed E-state index contributed by atoms with van der Waals surface area (Å²) in [5.74, 6) is 0.893. The molecule has 1 amide bonds. The van der Waals surface area contributed by atoms with E-state index in [-0.39, 0.29) is 5.91 Å². The number of amides is 1. The molecule has 0 aliphatic rings. The van der Waals surface area contributed by atoms with Gasteiger partial charge in [-0.05, 0) is 31.5 Å². The second-order valence-corrected chi connectivity index (χ2v) is 6.21. The van der Waals surface area contributed by atoms with E-state index in [1.165, 1.54) is 0 Å². The normalized spacial score (nSPS) is 10.8. The Morgan fingerprint density at radius 3 is 2.71 bits per heavy atom. The van der Waals surface area contributed by atoms with Gasteiger partial charge in [-0.1, -0.05) is 29.8 Å². The molecule has 1 aromatic carbocycles. The quantitative estimate of drug-likeness (QED) is 0.752. The van der Waals surface area contributed by atoms with Crippen molar-refractivity contribution in [1.29, 1.82) is 0 Å². The Labute approximate surface area is 135 Å². The molecule has 0 bridgehead atoms. The molecule has 0 fully saturated rings. The Morgan fingerprint density at radius 1 is 1.38 bits per heavy atom. The number of halogens is 1. The number of benzene rings is 1. The van der Waals surface area contributed by atoms with Crippen LogP contribution in [0, 0.1) is 6.92 Å². The van der Waals surface area contributed by atoms with E-state index in [9.17, 15) is 4.79 Å². The number of aryl methyl sites for hydroxylation is 1. The van der Waals surface area contributed by atoms with E-state index in [0.29, 0.717) is 25.6 Å². The number of hydrogen-bond acceptors (Lipinski definition) is 3. The molecule has 4 nitrogen and oxygen atoms in total. The summed E-state index contributed by atoms with van der Waals surface area (Å²) in [4.78, 5) is 11.5. The Morgan fingerprint density at radius 2 is 2.10 bits per heavy atom. The molecule has 0 unspecified atom stereocenters. The fraction of sp³-hybridized carbons (Fsp3) is 0.562. The first kappa shape index (κ1) is 18.0. The summed E-state index contributed by atoms with van der Waals surface area (Å²) in [6.45, 7) is 9.94. The topological polar surface area (TPSA) is 50.4 Å². The molecule has 0 aliphatic carbocycles. The molecule has 0 radical (unpaired) electrons. The summed E-state index contributed by atoms with van der Waals surface area (Å²) >= 11 is 3.52. The number of carbonyl (C=O) groups excluding carboxylic acids is 1. The molecule has 0 spiro atoms. The maximum Gasteiger partial charge on any atom is 0.223 e. The molecule has 0 saturated carbocycles. The Bertz CT molecular complexity index is 476. The molecule has 0 saturated heterocycles. The maximum atomic E-state index is 11.5. The zero-order valence-electron chi connectivity index (χ0n) is 13.3. The highest BCUT2D eigenvalue weighted by molar-refractivity contribution is 9.10. The number of ether oxygens (including phenoxy) is 1. The van der Waals surface area contributed by atoms with Crippen molar-refractivity contribution in [3.63, 3.8) is 0 Å². The Kier molecular flexibility index (Phi) is 7.75. The lowest BCUT2D eigenvalue weighted by Gasteiger charge is -2.16. The van der Waals surface area contributed by atoms with Gasteiger partial charge in [0.05, 0.1) is 13.0 Å². The third kappa shape index (κ3) is 6.48. The van der Waals surface area contributed by atoms with Crippen LogP contribution in [0.25, 0.3) is 0 Å². The lowest BCUT2D eigenvalue weighted by atomic mass is 10.1. The minimum absolute atomic E-state index is 0.0223. The van der Waals surface area contributed by atoms with Crippen LogP contribution < -0.4 is 15.4 Å². The molecule has 1 rings (SSSR count). The third-order valence-corrected chi connectivity index (χ3v) is 3.42. The van der Waals surface area contributed by atoms with Crippen LogP contribution >= 0.6 is 15.9 Å². The van der Waals surface area contributed by atoms with E-state index in [1.807, 2.05) is 19.9 Å². The van der Waals surface area contributed by atoms with Gasteiger partial charge in [-0.2, -0.15) is 0 Å². The summed E-state index contributed by atoms with van der Waals surface area (Å²) in [6, 6.07) is 4.50. The van der Waals surface area contributed by atoms with E-state index < -0.39 is 0 Å². The molecule has 0 aliphatic heterocycles. The van der Waals surface area contributed by atoms with Gasteiger partial charge in [-0.25, -0.2) is 0 Å². The molecule has 0 aromatic heterocycles. The number of carbonyl (C=O) groups is 1. The molecule has 5 heteroatoms. The van der Waals surface area contributed by atoms with Gasteiger partial charge in [0, 0.05) is 29.2 Å². The Balaban J connectivity index is 2.72. The monoisotopic (exact) mass is 356 g/mol. The molecule has 21 heavy (non-hydrogen) atoms. The van der Waals surface area contributed by atoms with Gasteiger partial charge in [-0.3, -0.25) is 4.79 Å². The van der Waals surface area contributed by atoms with Crippen LogP contribution in [0.2, 0.25) is 0 Å². The molecule has 0 atom stereocenters. The maximum absolute atomic E-state index is 11.5. The minimum atomic E-state index is 0.0223. The van der Waals surface area contributed by atoms with Crippen molar-refractivity contribution in [1.82, 2.24) is 10.6 Å². The van der Waals surface area contributed by atoms with Gasteiger partial charge in [0.2, 0.25) is 5.91 Å². The summed E-state index contributed by atoms with van der Waals surface area (Å²) in [6.07, 6.45) is 0.375. The lowest BCUT2D eigenvalue weighted by Crippen LogP contribution is -2.25. The first-order chi connectivity index (χ1) is 9.93. The minimum Gasteiger partial charge on any atom is -0.492 e. The second-order valence-electron chi connectivity index (χ2n) is 5.30. The highest BCUT2D eigenvalue weighted by Gasteiger charge is 2.10. The molecule has 1 aromatic rings. The Hall–Kier alpha value is -1.07. The van der Waals surface area contributed by atoms with Crippen molar-refractivity contribution >= 4 is 21.8 Å². The molecule has 118 valence electrons. The first-order valence-electron chi connectivity index (χ1n) is 7.36. The summed E-state index contributed by atoms with van der Waals surface area (Å²) in [5, 5.41) is 6.17. The van der Waals surface area contributed by atoms with Gasteiger partial charge >= 0.3 is 0 Å². The predicted molar refractivity (Wildman–Crippen MR) is 89.7 cm³/mol.